The fourth-order valence-electron chi connectivity index (χ4n) is 1.89. The molecule has 0 aliphatic carbocycles. The first kappa shape index (κ1) is 11.1. The van der Waals surface area contributed by atoms with Gasteiger partial charge in [0.25, 0.3) is 0 Å². The van der Waals surface area contributed by atoms with Gasteiger partial charge in [0.2, 0.25) is 5.78 Å². The number of Topliss-reactive ketones (excluding diaryl/α,β-unsaturated/α-hetero) is 1. The van der Waals surface area contributed by atoms with E-state index in [-0.39, 0.29) is 5.78 Å². The van der Waals surface area contributed by atoms with Crippen LogP contribution in [0.1, 0.15) is 15.9 Å². The van der Waals surface area contributed by atoms with E-state index in [1.54, 1.807) is 24.3 Å². The molecule has 0 unspecified atom stereocenters. The van der Waals surface area contributed by atoms with Crippen molar-refractivity contribution in [1.82, 2.24) is 0 Å². The number of halogens is 1. The molecule has 0 spiro atoms. The molecule has 0 N–H and O–H groups in total. The molecule has 2 aromatic carbocycles. The van der Waals surface area contributed by atoms with Gasteiger partial charge in [0.05, 0.1) is 10.6 Å². The summed E-state index contributed by atoms with van der Waals surface area (Å²) in [5, 5.41) is 0.425. The van der Waals surface area contributed by atoms with E-state index in [9.17, 15) is 4.79 Å². The summed E-state index contributed by atoms with van der Waals surface area (Å²) in [6.07, 6.45) is 1.72. The average molecular weight is 257 g/mol. The minimum absolute atomic E-state index is 0.167. The van der Waals surface area contributed by atoms with Crippen LogP contribution in [0, 0.1) is 0 Å². The van der Waals surface area contributed by atoms with Gasteiger partial charge in [-0.05, 0) is 23.8 Å². The van der Waals surface area contributed by atoms with Gasteiger partial charge in [-0.1, -0.05) is 48.0 Å². The van der Waals surface area contributed by atoms with Gasteiger partial charge in [-0.15, -0.1) is 0 Å². The molecule has 88 valence electrons. The zero-order valence-electron chi connectivity index (χ0n) is 9.39. The van der Waals surface area contributed by atoms with Crippen LogP contribution < -0.4 is 4.74 Å². The zero-order valence-corrected chi connectivity index (χ0v) is 10.1. The van der Waals surface area contributed by atoms with Crippen molar-refractivity contribution in [2.24, 2.45) is 0 Å². The summed E-state index contributed by atoms with van der Waals surface area (Å²) >= 11 is 6.00. The maximum atomic E-state index is 12.1. The van der Waals surface area contributed by atoms with Gasteiger partial charge in [0.15, 0.2) is 5.76 Å². The molecule has 0 fully saturated rings. The highest BCUT2D eigenvalue weighted by molar-refractivity contribution is 6.36. The molecule has 18 heavy (non-hydrogen) atoms. The van der Waals surface area contributed by atoms with Crippen LogP contribution in [0.2, 0.25) is 5.02 Å². The lowest BCUT2D eigenvalue weighted by Crippen LogP contribution is -1.98. The van der Waals surface area contributed by atoms with Gasteiger partial charge in [-0.3, -0.25) is 4.79 Å². The normalized spacial score (nSPS) is 15.6. The summed E-state index contributed by atoms with van der Waals surface area (Å²) < 4.78 is 5.53. The molecule has 3 rings (SSSR count). The summed E-state index contributed by atoms with van der Waals surface area (Å²) in [5.74, 6) is 0.665. The number of benzene rings is 2. The lowest BCUT2D eigenvalue weighted by molar-refractivity contribution is 0.101. The van der Waals surface area contributed by atoms with Crippen LogP contribution in [0.4, 0.5) is 0 Å². The summed E-state index contributed by atoms with van der Waals surface area (Å²) in [4.78, 5) is 12.1. The van der Waals surface area contributed by atoms with E-state index in [0.29, 0.717) is 22.1 Å². The zero-order chi connectivity index (χ0) is 12.5. The van der Waals surface area contributed by atoms with Crippen LogP contribution in [-0.2, 0) is 0 Å². The maximum absolute atomic E-state index is 12.1. The summed E-state index contributed by atoms with van der Waals surface area (Å²) in [5.41, 5.74) is 1.37. The Hall–Kier alpha value is -2.06. The van der Waals surface area contributed by atoms with Crippen molar-refractivity contribution in [1.29, 1.82) is 0 Å². The van der Waals surface area contributed by atoms with Crippen LogP contribution in [0.25, 0.3) is 6.08 Å². The van der Waals surface area contributed by atoms with E-state index in [1.807, 2.05) is 30.3 Å². The minimum Gasteiger partial charge on any atom is -0.452 e. The molecule has 0 aromatic heterocycles. The second-order valence-corrected chi connectivity index (χ2v) is 4.37. The van der Waals surface area contributed by atoms with E-state index < -0.39 is 0 Å². The molecular formula is C15H9ClO2. The Morgan fingerprint density at radius 2 is 1.78 bits per heavy atom. The monoisotopic (exact) mass is 256 g/mol. The number of fused-ring (bicyclic) bond motifs is 1. The van der Waals surface area contributed by atoms with Crippen LogP contribution in [-0.4, -0.2) is 5.78 Å². The molecule has 0 amide bonds. The van der Waals surface area contributed by atoms with E-state index in [0.717, 1.165) is 5.56 Å². The topological polar surface area (TPSA) is 26.3 Å². The van der Waals surface area contributed by atoms with Crippen molar-refractivity contribution in [2.45, 2.75) is 0 Å². The Bertz CT molecular complexity index is 645. The molecule has 0 bridgehead atoms. The number of carbonyl (C=O) groups is 1. The second kappa shape index (κ2) is 4.31. The van der Waals surface area contributed by atoms with Gasteiger partial charge in [-0.2, -0.15) is 0 Å². The molecule has 2 aromatic rings. The summed E-state index contributed by atoms with van der Waals surface area (Å²) in [6.45, 7) is 0. The second-order valence-electron chi connectivity index (χ2n) is 3.96. The molecule has 0 saturated heterocycles. The lowest BCUT2D eigenvalue weighted by Gasteiger charge is -1.97. The Kier molecular flexibility index (Phi) is 2.65. The largest absolute Gasteiger partial charge is 0.452 e. The Labute approximate surface area is 109 Å². The van der Waals surface area contributed by atoms with Gasteiger partial charge in [-0.25, -0.2) is 0 Å². The number of carbonyl (C=O) groups excluding carboxylic acids is 1. The van der Waals surface area contributed by atoms with Crippen molar-refractivity contribution in [3.63, 3.8) is 0 Å². The molecule has 3 heteroatoms. The van der Waals surface area contributed by atoms with Crippen LogP contribution >= 0.6 is 11.6 Å². The van der Waals surface area contributed by atoms with Crippen molar-refractivity contribution in [3.8, 4) is 5.75 Å². The summed E-state index contributed by atoms with van der Waals surface area (Å²) in [7, 11) is 0. The van der Waals surface area contributed by atoms with Crippen LogP contribution in [0.15, 0.2) is 54.3 Å². The number of hydrogen-bond acceptors (Lipinski definition) is 2. The quantitative estimate of drug-likeness (QED) is 0.722. The average Bonchev–Trinajstić information content (AvgIpc) is 2.69. The fraction of sp³-hybridized carbons (Fsp3) is 0. The Morgan fingerprint density at radius 1 is 1.00 bits per heavy atom. The predicted molar refractivity (Wildman–Crippen MR) is 70.8 cm³/mol. The number of rotatable bonds is 1. The molecule has 0 saturated carbocycles. The third kappa shape index (κ3) is 1.81. The molecular weight excluding hydrogens is 248 g/mol. The highest BCUT2D eigenvalue weighted by atomic mass is 35.5. The van der Waals surface area contributed by atoms with Crippen molar-refractivity contribution in [2.75, 3.05) is 0 Å². The molecule has 1 aliphatic heterocycles. The number of ether oxygens (including phenoxy) is 1. The first-order valence-electron chi connectivity index (χ1n) is 5.53. The van der Waals surface area contributed by atoms with Gasteiger partial charge < -0.3 is 4.74 Å². The first-order valence-corrected chi connectivity index (χ1v) is 5.91. The van der Waals surface area contributed by atoms with E-state index in [4.69, 9.17) is 16.3 Å². The highest BCUT2D eigenvalue weighted by Gasteiger charge is 2.29. The SMILES string of the molecule is O=C1C(=Cc2ccccc2)Oc2cccc(Cl)c21. The number of ketones is 1. The first-order chi connectivity index (χ1) is 8.75. The van der Waals surface area contributed by atoms with E-state index >= 15 is 0 Å². The van der Waals surface area contributed by atoms with E-state index in [1.165, 1.54) is 0 Å². The molecule has 2 nitrogen and oxygen atoms in total. The third-order valence-corrected chi connectivity index (χ3v) is 3.06. The predicted octanol–water partition coefficient (Wildman–Crippen LogP) is 3.96. The van der Waals surface area contributed by atoms with E-state index in [2.05, 4.69) is 0 Å². The van der Waals surface area contributed by atoms with Gasteiger partial charge in [0.1, 0.15) is 5.75 Å². The Morgan fingerprint density at radius 3 is 2.50 bits per heavy atom. The molecule has 0 radical (unpaired) electrons. The molecule has 1 heterocycles. The van der Waals surface area contributed by atoms with Crippen LogP contribution in [0.3, 0.4) is 0 Å². The van der Waals surface area contributed by atoms with Crippen molar-refractivity contribution in [3.05, 3.63) is 70.4 Å². The van der Waals surface area contributed by atoms with Crippen molar-refractivity contribution >= 4 is 23.5 Å². The fourth-order valence-corrected chi connectivity index (χ4v) is 2.15. The van der Waals surface area contributed by atoms with Gasteiger partial charge in [0, 0.05) is 0 Å². The smallest absolute Gasteiger partial charge is 0.233 e. The number of allylic oxidation sites excluding steroid dienone is 1. The summed E-state index contributed by atoms with van der Waals surface area (Å²) in [6, 6.07) is 14.8. The van der Waals surface area contributed by atoms with Crippen molar-refractivity contribution < 1.29 is 9.53 Å². The minimum atomic E-state index is -0.167. The molecule has 1 aliphatic rings. The Balaban J connectivity index is 2.03. The highest BCUT2D eigenvalue weighted by Crippen LogP contribution is 2.36. The van der Waals surface area contributed by atoms with Crippen LogP contribution in [0.5, 0.6) is 5.75 Å². The third-order valence-electron chi connectivity index (χ3n) is 2.74. The lowest BCUT2D eigenvalue weighted by atomic mass is 10.1. The van der Waals surface area contributed by atoms with Gasteiger partial charge >= 0.3 is 0 Å². The molecule has 0 atom stereocenters. The number of hydrogen-bond donors (Lipinski definition) is 0. The maximum Gasteiger partial charge on any atom is 0.233 e. The standard InChI is InChI=1S/C15H9ClO2/c16-11-7-4-8-12-14(11)15(17)13(18-12)9-10-5-2-1-3-6-10/h1-9H.